The van der Waals surface area contributed by atoms with Crippen molar-refractivity contribution in [3.8, 4) is 22.6 Å². The summed E-state index contributed by atoms with van der Waals surface area (Å²) in [6.45, 7) is 12.3. The summed E-state index contributed by atoms with van der Waals surface area (Å²) in [4.78, 5) is 10.9. The van der Waals surface area contributed by atoms with Crippen molar-refractivity contribution in [2.45, 2.75) is 65.9 Å². The monoisotopic (exact) mass is 480 g/mol. The number of hydrogen-bond donors (Lipinski definition) is 1. The molecule has 0 heterocycles. The summed E-state index contributed by atoms with van der Waals surface area (Å²) < 4.78 is 26.2. The largest absolute Gasteiger partial charge is 0.497 e. The first kappa shape index (κ1) is 27.9. The summed E-state index contributed by atoms with van der Waals surface area (Å²) in [7, 11) is 1.57. The minimum Gasteiger partial charge on any atom is -0.497 e. The molecule has 5 heteroatoms. The van der Waals surface area contributed by atoms with Crippen LogP contribution in [0.2, 0.25) is 0 Å². The number of halogens is 1. The van der Waals surface area contributed by atoms with Crippen LogP contribution >= 0.6 is 0 Å². The van der Waals surface area contributed by atoms with E-state index in [2.05, 4.69) is 26.8 Å². The first-order chi connectivity index (χ1) is 16.6. The Morgan fingerprint density at radius 2 is 1.69 bits per heavy atom. The Hall–Kier alpha value is -3.34. The van der Waals surface area contributed by atoms with E-state index in [1.807, 2.05) is 57.2 Å². The van der Waals surface area contributed by atoms with Crippen molar-refractivity contribution in [2.24, 2.45) is 0 Å². The normalized spacial score (nSPS) is 11.8. The molecule has 3 rings (SSSR count). The number of hydrogen-bond acceptors (Lipinski definition) is 3. The Labute approximate surface area is 208 Å². The molecule has 3 aromatic carbocycles. The molecule has 0 spiro atoms. The molecular formula is C30H37FO4. The van der Waals surface area contributed by atoms with E-state index >= 15 is 0 Å². The molecule has 0 saturated carbocycles. The third-order valence-electron chi connectivity index (χ3n) is 5.62. The number of carboxylic acid groups (broad SMARTS) is 1. The molecule has 0 aliphatic heterocycles. The van der Waals surface area contributed by atoms with Gasteiger partial charge < -0.3 is 14.6 Å². The van der Waals surface area contributed by atoms with Gasteiger partial charge in [0.1, 0.15) is 23.4 Å². The van der Waals surface area contributed by atoms with Crippen LogP contribution in [-0.2, 0) is 16.6 Å². The summed E-state index contributed by atoms with van der Waals surface area (Å²) in [5, 5.41) is 8.92. The van der Waals surface area contributed by atoms with Gasteiger partial charge in [-0.25, -0.2) is 4.39 Å². The maximum Gasteiger partial charge on any atom is 0.303 e. The molecule has 4 nitrogen and oxygen atoms in total. The summed E-state index contributed by atoms with van der Waals surface area (Å²) >= 11 is 0. The molecule has 0 aliphatic carbocycles. The smallest absolute Gasteiger partial charge is 0.303 e. The molecule has 1 atom stereocenters. The van der Waals surface area contributed by atoms with Gasteiger partial charge in [-0.15, -0.1) is 0 Å². The van der Waals surface area contributed by atoms with Crippen LogP contribution in [0.1, 0.15) is 70.8 Å². The van der Waals surface area contributed by atoms with Gasteiger partial charge in [0.05, 0.1) is 7.11 Å². The van der Waals surface area contributed by atoms with Crippen molar-refractivity contribution in [3.05, 3.63) is 83.2 Å². The number of benzene rings is 3. The van der Waals surface area contributed by atoms with Crippen LogP contribution in [0.3, 0.4) is 0 Å². The van der Waals surface area contributed by atoms with E-state index in [0.717, 1.165) is 22.3 Å². The van der Waals surface area contributed by atoms with Gasteiger partial charge >= 0.3 is 5.97 Å². The Balaban J connectivity index is 0.00000210. The molecule has 0 saturated heterocycles. The molecule has 1 N–H and O–H groups in total. The summed E-state index contributed by atoms with van der Waals surface area (Å²) in [5.74, 6) is 0.175. The Morgan fingerprint density at radius 3 is 2.31 bits per heavy atom. The minimum absolute atomic E-state index is 0.0796. The average molecular weight is 481 g/mol. The first-order valence-electron chi connectivity index (χ1n) is 12.0. The van der Waals surface area contributed by atoms with Gasteiger partial charge in [-0.2, -0.15) is 0 Å². The number of ether oxygens (including phenoxy) is 2. The second-order valence-electron chi connectivity index (χ2n) is 9.20. The van der Waals surface area contributed by atoms with Gasteiger partial charge in [0.2, 0.25) is 0 Å². The number of aliphatic carboxylic acids is 1. The predicted molar refractivity (Wildman–Crippen MR) is 140 cm³/mol. The van der Waals surface area contributed by atoms with Crippen LogP contribution in [0.15, 0.2) is 60.7 Å². The van der Waals surface area contributed by atoms with Crippen LogP contribution in [0, 0.1) is 5.82 Å². The van der Waals surface area contributed by atoms with Crippen molar-refractivity contribution in [1.82, 2.24) is 0 Å². The number of carbonyl (C=O) groups is 1. The Bertz CT molecular complexity index is 1130. The first-order valence-corrected chi connectivity index (χ1v) is 12.0. The molecule has 3 aromatic rings. The average Bonchev–Trinajstić information content (AvgIpc) is 2.83. The maximum absolute atomic E-state index is 14.7. The Morgan fingerprint density at radius 1 is 0.971 bits per heavy atom. The lowest BCUT2D eigenvalue weighted by Gasteiger charge is -2.26. The molecule has 1 unspecified atom stereocenters. The van der Waals surface area contributed by atoms with Gasteiger partial charge in [-0.3, -0.25) is 4.79 Å². The number of methoxy groups -OCH3 is 1. The molecule has 0 aromatic heterocycles. The van der Waals surface area contributed by atoms with Gasteiger partial charge in [0.15, 0.2) is 0 Å². The second-order valence-corrected chi connectivity index (χ2v) is 9.20. The number of rotatable bonds is 8. The Kier molecular flexibility index (Phi) is 9.88. The van der Waals surface area contributed by atoms with Gasteiger partial charge in [0.25, 0.3) is 0 Å². The molecule has 0 radical (unpaired) electrons. The predicted octanol–water partition coefficient (Wildman–Crippen LogP) is 7.98. The molecule has 35 heavy (non-hydrogen) atoms. The van der Waals surface area contributed by atoms with E-state index in [0.29, 0.717) is 23.5 Å². The van der Waals surface area contributed by atoms with Crippen molar-refractivity contribution >= 4 is 5.97 Å². The lowest BCUT2D eigenvalue weighted by molar-refractivity contribution is -0.136. The third kappa shape index (κ3) is 7.57. The number of aryl methyl sites for hydroxylation is 1. The molecule has 0 aliphatic rings. The second kappa shape index (κ2) is 12.4. The SMILES string of the molecule is CC.COc1ccc(F)c(-c2ccc(C(C)Oc3cccc(CCC(=O)O)c3)cc2C(C)(C)C)c1. The van der Waals surface area contributed by atoms with Gasteiger partial charge in [-0.05, 0) is 71.3 Å². The molecule has 0 amide bonds. The van der Waals surface area contributed by atoms with E-state index in [-0.39, 0.29) is 23.8 Å². The zero-order valence-electron chi connectivity index (χ0n) is 21.8. The summed E-state index contributed by atoms with van der Waals surface area (Å²) in [6.07, 6.45) is 0.289. The molecule has 0 bridgehead atoms. The quantitative estimate of drug-likeness (QED) is 0.355. The van der Waals surface area contributed by atoms with E-state index in [4.69, 9.17) is 14.6 Å². The van der Waals surface area contributed by atoms with E-state index in [1.165, 1.54) is 6.07 Å². The van der Waals surface area contributed by atoms with E-state index < -0.39 is 5.97 Å². The van der Waals surface area contributed by atoms with E-state index in [1.54, 1.807) is 19.2 Å². The standard InChI is InChI=1S/C28H31FO4.C2H6/c1-18(33-22-8-6-7-19(15-22)9-14-27(30)31)20-10-12-23(25(16-20)28(2,3)4)24-17-21(32-5)11-13-26(24)29;1-2/h6-8,10-13,15-18H,9,14H2,1-5H3,(H,30,31);1-2H3. The molecule has 0 fully saturated rings. The topological polar surface area (TPSA) is 55.8 Å². The third-order valence-corrected chi connectivity index (χ3v) is 5.62. The van der Waals surface area contributed by atoms with E-state index in [9.17, 15) is 9.18 Å². The van der Waals surface area contributed by atoms with Gasteiger partial charge in [-0.1, -0.05) is 65.0 Å². The fraction of sp³-hybridized carbons (Fsp3) is 0.367. The maximum atomic E-state index is 14.7. The van der Waals surface area contributed by atoms with Crippen LogP contribution in [0.5, 0.6) is 11.5 Å². The van der Waals surface area contributed by atoms with Crippen molar-refractivity contribution in [1.29, 1.82) is 0 Å². The van der Waals surface area contributed by atoms with Crippen LogP contribution in [0.25, 0.3) is 11.1 Å². The highest BCUT2D eigenvalue weighted by molar-refractivity contribution is 5.71. The lowest BCUT2D eigenvalue weighted by atomic mass is 9.80. The number of carboxylic acids is 1. The van der Waals surface area contributed by atoms with Crippen molar-refractivity contribution in [3.63, 3.8) is 0 Å². The fourth-order valence-corrected chi connectivity index (χ4v) is 3.81. The fourth-order valence-electron chi connectivity index (χ4n) is 3.81. The van der Waals surface area contributed by atoms with Crippen molar-refractivity contribution < 1.29 is 23.8 Å². The highest BCUT2D eigenvalue weighted by Crippen LogP contribution is 2.38. The zero-order valence-corrected chi connectivity index (χ0v) is 21.8. The van der Waals surface area contributed by atoms with Crippen LogP contribution in [0.4, 0.5) is 4.39 Å². The van der Waals surface area contributed by atoms with Crippen LogP contribution < -0.4 is 9.47 Å². The highest BCUT2D eigenvalue weighted by Gasteiger charge is 2.23. The highest BCUT2D eigenvalue weighted by atomic mass is 19.1. The lowest BCUT2D eigenvalue weighted by Crippen LogP contribution is -2.15. The summed E-state index contributed by atoms with van der Waals surface area (Å²) in [6, 6.07) is 18.3. The van der Waals surface area contributed by atoms with Crippen LogP contribution in [-0.4, -0.2) is 18.2 Å². The van der Waals surface area contributed by atoms with Crippen molar-refractivity contribution in [2.75, 3.05) is 7.11 Å². The molecule has 188 valence electrons. The minimum atomic E-state index is -0.822. The zero-order chi connectivity index (χ0) is 26.2. The summed E-state index contributed by atoms with van der Waals surface area (Å²) in [5.41, 5.74) is 4.01. The molecular weight excluding hydrogens is 443 g/mol. The van der Waals surface area contributed by atoms with Gasteiger partial charge in [0, 0.05) is 12.0 Å².